The van der Waals surface area contributed by atoms with Crippen LogP contribution in [-0.2, 0) is 14.4 Å². The summed E-state index contributed by atoms with van der Waals surface area (Å²) in [5, 5.41) is 11.9. The quantitative estimate of drug-likeness (QED) is 0.609. The minimum atomic E-state index is -1.22. The lowest BCUT2D eigenvalue weighted by Gasteiger charge is -2.27. The Labute approximate surface area is 118 Å². The van der Waals surface area contributed by atoms with E-state index >= 15 is 0 Å². The summed E-state index contributed by atoms with van der Waals surface area (Å²) in [6, 6.07) is -1.34. The number of amides is 2. The van der Waals surface area contributed by atoms with Gasteiger partial charge >= 0.3 is 5.97 Å². The number of nitrogens with zero attached hydrogens (tertiary/aromatic N) is 1. The minimum Gasteiger partial charge on any atom is -0.480 e. The van der Waals surface area contributed by atoms with E-state index in [1.807, 2.05) is 6.92 Å². The van der Waals surface area contributed by atoms with Crippen LogP contribution in [0.4, 0.5) is 0 Å². The monoisotopic (exact) mass is 285 g/mol. The van der Waals surface area contributed by atoms with Gasteiger partial charge in [0.1, 0.15) is 6.54 Å². The number of nitrogens with two attached hydrogens (primary N) is 1. The van der Waals surface area contributed by atoms with E-state index in [2.05, 4.69) is 5.32 Å². The van der Waals surface area contributed by atoms with Crippen molar-refractivity contribution < 1.29 is 19.5 Å². The van der Waals surface area contributed by atoms with Gasteiger partial charge in [-0.3, -0.25) is 19.3 Å². The Morgan fingerprint density at radius 3 is 2.55 bits per heavy atom. The second kappa shape index (κ2) is 7.35. The lowest BCUT2D eigenvalue weighted by Crippen LogP contribution is -2.55. The van der Waals surface area contributed by atoms with Crippen LogP contribution in [0.1, 0.15) is 33.1 Å². The molecule has 1 heterocycles. The van der Waals surface area contributed by atoms with E-state index in [0.717, 1.165) is 11.3 Å². The Kier molecular flexibility index (Phi) is 6.09. The van der Waals surface area contributed by atoms with E-state index < -0.39 is 36.4 Å². The molecular formula is C13H23N3O4. The van der Waals surface area contributed by atoms with E-state index in [-0.39, 0.29) is 5.92 Å². The van der Waals surface area contributed by atoms with Crippen molar-refractivity contribution in [1.82, 2.24) is 10.2 Å². The van der Waals surface area contributed by atoms with Crippen molar-refractivity contribution in [2.75, 3.05) is 13.1 Å². The molecule has 7 heteroatoms. The number of rotatable bonds is 6. The largest absolute Gasteiger partial charge is 0.480 e. The van der Waals surface area contributed by atoms with Crippen LogP contribution < -0.4 is 11.1 Å². The number of carbonyl (C=O) groups excluding carboxylic acids is 2. The molecule has 0 saturated carbocycles. The summed E-state index contributed by atoms with van der Waals surface area (Å²) in [5.41, 5.74) is 5.83. The maximum Gasteiger partial charge on any atom is 0.323 e. The second-order valence-electron chi connectivity index (χ2n) is 5.22. The molecule has 0 radical (unpaired) electrons. The molecule has 1 fully saturated rings. The second-order valence-corrected chi connectivity index (χ2v) is 5.22. The summed E-state index contributed by atoms with van der Waals surface area (Å²) in [6.07, 6.45) is 2.13. The summed E-state index contributed by atoms with van der Waals surface area (Å²) in [7, 11) is 0. The van der Waals surface area contributed by atoms with Gasteiger partial charge in [-0.1, -0.05) is 20.3 Å². The summed E-state index contributed by atoms with van der Waals surface area (Å²) >= 11 is 0. The van der Waals surface area contributed by atoms with Gasteiger partial charge in [0.15, 0.2) is 0 Å². The molecule has 0 aliphatic carbocycles. The number of aliphatic carboxylic acids is 1. The Morgan fingerprint density at radius 2 is 2.10 bits per heavy atom. The molecule has 0 aromatic heterocycles. The predicted octanol–water partition coefficient (Wildman–Crippen LogP) is -0.448. The van der Waals surface area contributed by atoms with Crippen molar-refractivity contribution in [3.63, 3.8) is 0 Å². The van der Waals surface area contributed by atoms with Crippen LogP contribution in [0.2, 0.25) is 0 Å². The molecule has 1 aliphatic heterocycles. The summed E-state index contributed by atoms with van der Waals surface area (Å²) in [6.45, 7) is 3.75. The van der Waals surface area contributed by atoms with Gasteiger partial charge in [0, 0.05) is 0 Å². The number of hydrogen-bond donors (Lipinski definition) is 3. The van der Waals surface area contributed by atoms with Crippen molar-refractivity contribution in [2.45, 2.75) is 45.2 Å². The molecule has 0 spiro atoms. The van der Waals surface area contributed by atoms with Gasteiger partial charge in [-0.2, -0.15) is 0 Å². The molecule has 7 nitrogen and oxygen atoms in total. The number of nitrogens with one attached hydrogen (secondary N) is 1. The first-order valence-electron chi connectivity index (χ1n) is 6.94. The van der Waals surface area contributed by atoms with Gasteiger partial charge in [-0.15, -0.1) is 0 Å². The number of carbonyl (C=O) groups is 3. The van der Waals surface area contributed by atoms with Gasteiger partial charge < -0.3 is 16.2 Å². The van der Waals surface area contributed by atoms with Crippen molar-refractivity contribution in [3.8, 4) is 0 Å². The Bertz CT molecular complexity index is 380. The van der Waals surface area contributed by atoms with E-state index in [1.54, 1.807) is 6.92 Å². The summed E-state index contributed by atoms with van der Waals surface area (Å²) in [5.74, 6) is -2.43. The molecule has 20 heavy (non-hydrogen) atoms. The molecule has 0 bridgehead atoms. The van der Waals surface area contributed by atoms with Gasteiger partial charge in [0.2, 0.25) is 11.8 Å². The SMILES string of the molecule is CCC(C)C(N)C(=O)N(CC(=O)O)C(=O)C1CCCN1. The van der Waals surface area contributed by atoms with Gasteiger partial charge in [0.25, 0.3) is 0 Å². The topological polar surface area (TPSA) is 113 Å². The molecule has 3 atom stereocenters. The van der Waals surface area contributed by atoms with E-state index in [9.17, 15) is 14.4 Å². The van der Waals surface area contributed by atoms with Crippen LogP contribution in [-0.4, -0.2) is 53.0 Å². The van der Waals surface area contributed by atoms with Gasteiger partial charge in [-0.05, 0) is 25.3 Å². The molecule has 3 unspecified atom stereocenters. The number of imide groups is 1. The third-order valence-electron chi connectivity index (χ3n) is 3.73. The van der Waals surface area contributed by atoms with E-state index in [1.165, 1.54) is 0 Å². The molecule has 1 saturated heterocycles. The highest BCUT2D eigenvalue weighted by Crippen LogP contribution is 2.13. The fourth-order valence-electron chi connectivity index (χ4n) is 2.16. The normalized spacial score (nSPS) is 21.2. The molecule has 1 aliphatic rings. The fourth-order valence-corrected chi connectivity index (χ4v) is 2.16. The smallest absolute Gasteiger partial charge is 0.323 e. The first-order valence-corrected chi connectivity index (χ1v) is 6.94. The lowest BCUT2D eigenvalue weighted by atomic mass is 9.98. The van der Waals surface area contributed by atoms with Crippen LogP contribution in [0.3, 0.4) is 0 Å². The maximum absolute atomic E-state index is 12.3. The van der Waals surface area contributed by atoms with E-state index in [0.29, 0.717) is 19.4 Å². The zero-order valence-corrected chi connectivity index (χ0v) is 12.0. The van der Waals surface area contributed by atoms with Crippen molar-refractivity contribution >= 4 is 17.8 Å². The Hall–Kier alpha value is -1.47. The zero-order chi connectivity index (χ0) is 15.3. The number of hydrogen-bond acceptors (Lipinski definition) is 5. The minimum absolute atomic E-state index is 0.108. The maximum atomic E-state index is 12.3. The van der Waals surface area contributed by atoms with Gasteiger partial charge in [-0.25, -0.2) is 0 Å². The molecule has 2 amide bonds. The van der Waals surface area contributed by atoms with Crippen LogP contribution in [0.15, 0.2) is 0 Å². The van der Waals surface area contributed by atoms with Crippen molar-refractivity contribution in [3.05, 3.63) is 0 Å². The molecule has 4 N–H and O–H groups in total. The highest BCUT2D eigenvalue weighted by atomic mass is 16.4. The predicted molar refractivity (Wildman–Crippen MR) is 72.8 cm³/mol. The number of carboxylic acids is 1. The van der Waals surface area contributed by atoms with Crippen molar-refractivity contribution in [2.24, 2.45) is 11.7 Å². The fraction of sp³-hybridized carbons (Fsp3) is 0.769. The Morgan fingerprint density at radius 1 is 1.45 bits per heavy atom. The van der Waals surface area contributed by atoms with E-state index in [4.69, 9.17) is 10.8 Å². The molecule has 0 aromatic carbocycles. The average Bonchev–Trinajstić information content (AvgIpc) is 2.95. The van der Waals surface area contributed by atoms with Gasteiger partial charge in [0.05, 0.1) is 12.1 Å². The highest BCUT2D eigenvalue weighted by Gasteiger charge is 2.35. The first kappa shape index (κ1) is 16.6. The number of carboxylic acid groups (broad SMARTS) is 1. The third kappa shape index (κ3) is 4.01. The molecular weight excluding hydrogens is 262 g/mol. The standard InChI is InChI=1S/C13H23N3O4/c1-3-8(2)11(14)13(20)16(7-10(17)18)12(19)9-5-4-6-15-9/h8-9,11,15H,3-7,14H2,1-2H3,(H,17,18). The molecule has 114 valence electrons. The third-order valence-corrected chi connectivity index (χ3v) is 3.73. The molecule has 1 rings (SSSR count). The Balaban J connectivity index is 2.84. The summed E-state index contributed by atoms with van der Waals surface area (Å²) < 4.78 is 0. The van der Waals surface area contributed by atoms with Crippen LogP contribution in [0.25, 0.3) is 0 Å². The van der Waals surface area contributed by atoms with Crippen LogP contribution in [0, 0.1) is 5.92 Å². The van der Waals surface area contributed by atoms with Crippen LogP contribution >= 0.6 is 0 Å². The lowest BCUT2D eigenvalue weighted by molar-refractivity contribution is -0.154. The highest BCUT2D eigenvalue weighted by molar-refractivity contribution is 6.02. The zero-order valence-electron chi connectivity index (χ0n) is 12.0. The van der Waals surface area contributed by atoms with Crippen molar-refractivity contribution in [1.29, 1.82) is 0 Å². The summed E-state index contributed by atoms with van der Waals surface area (Å²) in [4.78, 5) is 36.2. The molecule has 0 aromatic rings. The average molecular weight is 285 g/mol. The first-order chi connectivity index (χ1) is 9.38. The van der Waals surface area contributed by atoms with Crippen LogP contribution in [0.5, 0.6) is 0 Å².